The van der Waals surface area contributed by atoms with Crippen molar-refractivity contribution >= 4 is 5.97 Å². The molecule has 1 N–H and O–H groups in total. The molecule has 1 aliphatic rings. The van der Waals surface area contributed by atoms with Gasteiger partial charge in [-0.05, 0) is 47.0 Å². The molecular formula is C14H20N2O3. The summed E-state index contributed by atoms with van der Waals surface area (Å²) in [6.45, 7) is 7.21. The van der Waals surface area contributed by atoms with Crippen molar-refractivity contribution in [1.29, 1.82) is 0 Å². The Morgan fingerprint density at radius 1 is 1.42 bits per heavy atom. The minimum atomic E-state index is -0.892. The summed E-state index contributed by atoms with van der Waals surface area (Å²) < 4.78 is 1.69. The van der Waals surface area contributed by atoms with Crippen molar-refractivity contribution in [3.05, 3.63) is 27.4 Å². The number of carboxylic acids is 1. The number of aliphatic carboxylic acids is 1. The summed E-state index contributed by atoms with van der Waals surface area (Å²) in [5, 5.41) is 9.20. The van der Waals surface area contributed by atoms with E-state index in [9.17, 15) is 14.7 Å². The van der Waals surface area contributed by atoms with E-state index >= 15 is 0 Å². The molecule has 1 fully saturated rings. The van der Waals surface area contributed by atoms with Crippen molar-refractivity contribution in [3.63, 3.8) is 0 Å². The van der Waals surface area contributed by atoms with Gasteiger partial charge < -0.3 is 5.11 Å². The fourth-order valence-electron chi connectivity index (χ4n) is 3.08. The Morgan fingerprint density at radius 2 is 2.00 bits per heavy atom. The molecule has 5 heteroatoms. The first-order valence-electron chi connectivity index (χ1n) is 6.61. The third kappa shape index (κ3) is 2.07. The van der Waals surface area contributed by atoms with E-state index in [0.717, 1.165) is 25.0 Å². The molecule has 1 aromatic rings. The second-order valence-corrected chi connectivity index (χ2v) is 5.72. The van der Waals surface area contributed by atoms with Crippen molar-refractivity contribution in [2.45, 2.75) is 58.4 Å². The Bertz CT molecular complexity index is 585. The van der Waals surface area contributed by atoms with E-state index < -0.39 is 11.9 Å². The maximum absolute atomic E-state index is 12.1. The molecule has 104 valence electrons. The zero-order chi connectivity index (χ0) is 14.4. The maximum Gasteiger partial charge on any atom is 0.348 e. The van der Waals surface area contributed by atoms with Gasteiger partial charge in [0.05, 0.1) is 5.92 Å². The molecule has 1 aromatic heterocycles. The average Bonchev–Trinajstić information content (AvgIpc) is 2.25. The van der Waals surface area contributed by atoms with Gasteiger partial charge in [-0.2, -0.15) is 4.98 Å². The summed E-state index contributed by atoms with van der Waals surface area (Å²) in [4.78, 5) is 27.4. The SMILES string of the molecule is Cc1nc(=O)n(C2(C)CCC2)c(C)c1C(C)C(=O)O. The van der Waals surface area contributed by atoms with Gasteiger partial charge in [-0.1, -0.05) is 0 Å². The van der Waals surface area contributed by atoms with Crippen molar-refractivity contribution < 1.29 is 9.90 Å². The fourth-order valence-corrected chi connectivity index (χ4v) is 3.08. The Balaban J connectivity index is 2.67. The molecule has 5 nitrogen and oxygen atoms in total. The molecule has 0 amide bonds. The van der Waals surface area contributed by atoms with Crippen LogP contribution in [0.25, 0.3) is 0 Å². The van der Waals surface area contributed by atoms with Gasteiger partial charge in [0.25, 0.3) is 0 Å². The summed E-state index contributed by atoms with van der Waals surface area (Å²) in [5.41, 5.74) is 1.47. The van der Waals surface area contributed by atoms with Crippen LogP contribution in [0.5, 0.6) is 0 Å². The minimum Gasteiger partial charge on any atom is -0.481 e. The van der Waals surface area contributed by atoms with E-state index in [-0.39, 0.29) is 11.2 Å². The zero-order valence-electron chi connectivity index (χ0n) is 11.9. The van der Waals surface area contributed by atoms with Crippen molar-refractivity contribution in [3.8, 4) is 0 Å². The van der Waals surface area contributed by atoms with Gasteiger partial charge in [0.15, 0.2) is 0 Å². The third-order valence-electron chi connectivity index (χ3n) is 4.34. The van der Waals surface area contributed by atoms with Crippen LogP contribution in [0.15, 0.2) is 4.79 Å². The molecule has 0 spiro atoms. The molecule has 0 radical (unpaired) electrons. The minimum absolute atomic E-state index is 0.200. The van der Waals surface area contributed by atoms with Crippen LogP contribution in [0.1, 0.15) is 56.0 Å². The quantitative estimate of drug-likeness (QED) is 0.905. The lowest BCUT2D eigenvalue weighted by Gasteiger charge is -2.41. The molecule has 0 bridgehead atoms. The van der Waals surface area contributed by atoms with Gasteiger partial charge in [0.2, 0.25) is 0 Å². The normalized spacial score (nSPS) is 18.7. The molecule has 1 heterocycles. The summed E-state index contributed by atoms with van der Waals surface area (Å²) in [6, 6.07) is 0. The highest BCUT2D eigenvalue weighted by Crippen LogP contribution is 2.39. The Labute approximate surface area is 112 Å². The predicted octanol–water partition coefficient (Wildman–Crippen LogP) is 1.95. The zero-order valence-corrected chi connectivity index (χ0v) is 11.9. The molecular weight excluding hydrogens is 244 g/mol. The highest BCUT2D eigenvalue weighted by molar-refractivity contribution is 5.76. The van der Waals surface area contributed by atoms with Crippen molar-refractivity contribution in [2.24, 2.45) is 0 Å². The van der Waals surface area contributed by atoms with Crippen LogP contribution in [-0.2, 0) is 10.3 Å². The Hall–Kier alpha value is -1.65. The number of aryl methyl sites for hydroxylation is 1. The number of rotatable bonds is 3. The first-order valence-corrected chi connectivity index (χ1v) is 6.61. The molecule has 19 heavy (non-hydrogen) atoms. The Kier molecular flexibility index (Phi) is 3.24. The van der Waals surface area contributed by atoms with Gasteiger partial charge in [-0.15, -0.1) is 0 Å². The summed E-state index contributed by atoms with van der Waals surface area (Å²) in [5.74, 6) is -1.54. The topological polar surface area (TPSA) is 72.2 Å². The van der Waals surface area contributed by atoms with E-state index in [0.29, 0.717) is 11.3 Å². The average molecular weight is 264 g/mol. The predicted molar refractivity (Wildman–Crippen MR) is 71.5 cm³/mol. The van der Waals surface area contributed by atoms with Crippen LogP contribution in [0, 0.1) is 13.8 Å². The first-order chi connectivity index (χ1) is 8.78. The van der Waals surface area contributed by atoms with E-state index in [1.165, 1.54) is 0 Å². The molecule has 1 aliphatic carbocycles. The molecule has 0 aromatic carbocycles. The number of carboxylic acid groups (broad SMARTS) is 1. The number of aromatic nitrogens is 2. The van der Waals surface area contributed by atoms with Crippen LogP contribution < -0.4 is 5.69 Å². The monoisotopic (exact) mass is 264 g/mol. The second kappa shape index (κ2) is 4.47. The van der Waals surface area contributed by atoms with Gasteiger partial charge in [0, 0.05) is 22.5 Å². The van der Waals surface area contributed by atoms with Gasteiger partial charge >= 0.3 is 11.7 Å². The molecule has 0 saturated heterocycles. The number of hydrogen-bond donors (Lipinski definition) is 1. The van der Waals surface area contributed by atoms with Crippen LogP contribution in [0.3, 0.4) is 0 Å². The highest BCUT2D eigenvalue weighted by atomic mass is 16.4. The van der Waals surface area contributed by atoms with E-state index in [4.69, 9.17) is 0 Å². The molecule has 1 saturated carbocycles. The smallest absolute Gasteiger partial charge is 0.348 e. The van der Waals surface area contributed by atoms with Gasteiger partial charge in [-0.3, -0.25) is 9.36 Å². The maximum atomic E-state index is 12.1. The lowest BCUT2D eigenvalue weighted by Crippen LogP contribution is -2.46. The molecule has 1 unspecified atom stereocenters. The summed E-state index contributed by atoms with van der Waals surface area (Å²) in [7, 11) is 0. The largest absolute Gasteiger partial charge is 0.481 e. The van der Waals surface area contributed by atoms with E-state index in [2.05, 4.69) is 4.98 Å². The van der Waals surface area contributed by atoms with Crippen LogP contribution in [0.2, 0.25) is 0 Å². The number of nitrogens with zero attached hydrogens (tertiary/aromatic N) is 2. The lowest BCUT2D eigenvalue weighted by atomic mass is 9.77. The Morgan fingerprint density at radius 3 is 2.42 bits per heavy atom. The highest BCUT2D eigenvalue weighted by Gasteiger charge is 2.37. The molecule has 0 aliphatic heterocycles. The molecule has 1 atom stereocenters. The summed E-state index contributed by atoms with van der Waals surface area (Å²) >= 11 is 0. The first kappa shape index (κ1) is 13.8. The van der Waals surface area contributed by atoms with Gasteiger partial charge in [-0.25, -0.2) is 4.79 Å². The fraction of sp³-hybridized carbons (Fsp3) is 0.643. The number of hydrogen-bond acceptors (Lipinski definition) is 3. The standard InChI is InChI=1S/C14H20N2O3/c1-8(12(17)18)11-9(2)15-13(19)16(10(11)3)14(4)6-5-7-14/h8H,5-7H2,1-4H3,(H,17,18). The lowest BCUT2D eigenvalue weighted by molar-refractivity contribution is -0.138. The summed E-state index contributed by atoms with van der Waals surface area (Å²) in [6.07, 6.45) is 2.98. The van der Waals surface area contributed by atoms with Crippen LogP contribution in [-0.4, -0.2) is 20.6 Å². The van der Waals surface area contributed by atoms with Crippen LogP contribution in [0.4, 0.5) is 0 Å². The number of carbonyl (C=O) groups is 1. The van der Waals surface area contributed by atoms with Crippen LogP contribution >= 0.6 is 0 Å². The third-order valence-corrected chi connectivity index (χ3v) is 4.34. The van der Waals surface area contributed by atoms with E-state index in [1.807, 2.05) is 13.8 Å². The van der Waals surface area contributed by atoms with E-state index in [1.54, 1.807) is 18.4 Å². The van der Waals surface area contributed by atoms with Crippen molar-refractivity contribution in [2.75, 3.05) is 0 Å². The second-order valence-electron chi connectivity index (χ2n) is 5.72. The van der Waals surface area contributed by atoms with Gasteiger partial charge in [0.1, 0.15) is 0 Å². The van der Waals surface area contributed by atoms with Crippen molar-refractivity contribution in [1.82, 2.24) is 9.55 Å². The molecule has 2 rings (SSSR count).